The largest absolute Gasteiger partial charge is 0.469 e. The average Bonchev–Trinajstić information content (AvgIpc) is 3.08. The van der Waals surface area contributed by atoms with Crippen LogP contribution in [0.4, 0.5) is 10.5 Å². The van der Waals surface area contributed by atoms with Gasteiger partial charge in [-0.2, -0.15) is 0 Å². The summed E-state index contributed by atoms with van der Waals surface area (Å²) in [5.74, 6) is 0.438. The van der Waals surface area contributed by atoms with Gasteiger partial charge < -0.3 is 19.6 Å². The number of urea groups is 1. The molecule has 2 fully saturated rings. The number of esters is 1. The molecule has 0 aromatic heterocycles. The molecule has 1 saturated carbocycles. The molecule has 1 saturated heterocycles. The highest BCUT2D eigenvalue weighted by Crippen LogP contribution is 2.33. The van der Waals surface area contributed by atoms with Gasteiger partial charge in [-0.3, -0.25) is 9.69 Å². The lowest BCUT2D eigenvalue weighted by Crippen LogP contribution is -2.41. The third-order valence-corrected chi connectivity index (χ3v) is 7.60. The number of fused-ring (bicyclic) bond motifs is 1. The van der Waals surface area contributed by atoms with Gasteiger partial charge in [0.1, 0.15) is 0 Å². The van der Waals surface area contributed by atoms with Gasteiger partial charge in [0.2, 0.25) is 0 Å². The van der Waals surface area contributed by atoms with E-state index in [1.54, 1.807) is 0 Å². The summed E-state index contributed by atoms with van der Waals surface area (Å²) in [6.07, 6.45) is 7.55. The zero-order valence-electron chi connectivity index (χ0n) is 19.3. The van der Waals surface area contributed by atoms with Gasteiger partial charge in [0.15, 0.2) is 0 Å². The molecule has 1 aromatic rings. The minimum atomic E-state index is -0.126. The zero-order chi connectivity index (χ0) is 22.5. The van der Waals surface area contributed by atoms with E-state index >= 15 is 0 Å². The number of amides is 2. The van der Waals surface area contributed by atoms with E-state index in [0.717, 1.165) is 83.4 Å². The number of benzene rings is 1. The summed E-state index contributed by atoms with van der Waals surface area (Å²) in [6.45, 7) is 4.40. The van der Waals surface area contributed by atoms with Crippen molar-refractivity contribution in [2.75, 3.05) is 51.3 Å². The molecule has 0 bridgehead atoms. The smallest absolute Gasteiger partial charge is 0.324 e. The summed E-state index contributed by atoms with van der Waals surface area (Å²) >= 11 is 0. The number of β-amino-alcohol motifs (C(OH)–C–C–N with tert-alkyl or cyclic N) is 1. The van der Waals surface area contributed by atoms with Crippen molar-refractivity contribution in [2.45, 2.75) is 57.4 Å². The van der Waals surface area contributed by atoms with Gasteiger partial charge >= 0.3 is 12.0 Å². The molecule has 2 aliphatic heterocycles. The van der Waals surface area contributed by atoms with E-state index < -0.39 is 0 Å². The predicted molar refractivity (Wildman–Crippen MR) is 124 cm³/mol. The number of carbonyl (C=O) groups excluding carboxylic acids is 2. The zero-order valence-corrected chi connectivity index (χ0v) is 19.3. The van der Waals surface area contributed by atoms with Gasteiger partial charge in [-0.25, -0.2) is 4.79 Å². The summed E-state index contributed by atoms with van der Waals surface area (Å²) in [7, 11) is 1.44. The Balaban J connectivity index is 1.33. The fraction of sp³-hybridized carbons (Fsp3) is 0.680. The lowest BCUT2D eigenvalue weighted by molar-refractivity contribution is -0.141. The Morgan fingerprint density at radius 3 is 2.53 bits per heavy atom. The molecular weight excluding hydrogens is 406 g/mol. The molecule has 1 aliphatic carbocycles. The Morgan fingerprint density at radius 1 is 1.06 bits per heavy atom. The van der Waals surface area contributed by atoms with Crippen LogP contribution >= 0.6 is 0 Å². The van der Waals surface area contributed by atoms with Crippen molar-refractivity contribution in [1.82, 2.24) is 9.80 Å². The number of rotatable bonds is 7. The van der Waals surface area contributed by atoms with Gasteiger partial charge in [0.05, 0.1) is 13.7 Å². The van der Waals surface area contributed by atoms with E-state index in [0.29, 0.717) is 18.4 Å². The van der Waals surface area contributed by atoms with E-state index in [4.69, 9.17) is 4.74 Å². The van der Waals surface area contributed by atoms with Crippen molar-refractivity contribution in [1.29, 1.82) is 0 Å². The van der Waals surface area contributed by atoms with Crippen molar-refractivity contribution >= 4 is 17.7 Å². The van der Waals surface area contributed by atoms with Crippen LogP contribution in [-0.2, 0) is 22.4 Å². The number of hydrogen-bond donors (Lipinski definition) is 1. The molecule has 2 amide bonds. The fourth-order valence-electron chi connectivity index (χ4n) is 5.59. The quantitative estimate of drug-likeness (QED) is 0.656. The SMILES string of the molecule is COC(=O)CCC1CCC(N2CCN(c3ccc4c(c3)CCN(CCO)CC4)C2=O)CC1. The van der Waals surface area contributed by atoms with E-state index in [2.05, 4.69) is 28.0 Å². The lowest BCUT2D eigenvalue weighted by atomic mass is 9.83. The van der Waals surface area contributed by atoms with Crippen LogP contribution in [0, 0.1) is 5.92 Å². The topological polar surface area (TPSA) is 73.3 Å². The minimum absolute atomic E-state index is 0.126. The van der Waals surface area contributed by atoms with Crippen LogP contribution < -0.4 is 4.90 Å². The highest BCUT2D eigenvalue weighted by molar-refractivity contribution is 5.94. The first-order chi connectivity index (χ1) is 15.6. The van der Waals surface area contributed by atoms with Gasteiger partial charge in [-0.1, -0.05) is 6.07 Å². The molecular formula is C25H37N3O4. The molecule has 1 N–H and O–H groups in total. The monoisotopic (exact) mass is 443 g/mol. The maximum Gasteiger partial charge on any atom is 0.324 e. The number of ether oxygens (including phenoxy) is 1. The first kappa shape index (κ1) is 23.1. The van der Waals surface area contributed by atoms with Crippen LogP contribution in [0.1, 0.15) is 49.7 Å². The molecule has 0 spiro atoms. The van der Waals surface area contributed by atoms with Gasteiger partial charge in [0.25, 0.3) is 0 Å². The van der Waals surface area contributed by atoms with Crippen LogP contribution in [0.15, 0.2) is 18.2 Å². The van der Waals surface area contributed by atoms with Gasteiger partial charge in [-0.15, -0.1) is 0 Å². The number of anilines is 1. The average molecular weight is 444 g/mol. The Morgan fingerprint density at radius 2 is 1.81 bits per heavy atom. The number of aliphatic hydroxyl groups excluding tert-OH is 1. The second kappa shape index (κ2) is 10.7. The van der Waals surface area contributed by atoms with Crippen molar-refractivity contribution in [2.24, 2.45) is 5.92 Å². The summed E-state index contributed by atoms with van der Waals surface area (Å²) in [4.78, 5) is 31.0. The Bertz CT molecular complexity index is 806. The molecule has 1 aromatic carbocycles. The van der Waals surface area contributed by atoms with E-state index in [1.165, 1.54) is 18.2 Å². The first-order valence-corrected chi connectivity index (χ1v) is 12.2. The molecule has 0 unspecified atom stereocenters. The Kier molecular flexibility index (Phi) is 7.68. The molecule has 176 valence electrons. The van der Waals surface area contributed by atoms with E-state index in [9.17, 15) is 14.7 Å². The fourth-order valence-corrected chi connectivity index (χ4v) is 5.59. The highest BCUT2D eigenvalue weighted by atomic mass is 16.5. The second-order valence-electron chi connectivity index (χ2n) is 9.44. The lowest BCUT2D eigenvalue weighted by Gasteiger charge is -2.34. The van der Waals surface area contributed by atoms with E-state index in [-0.39, 0.29) is 18.6 Å². The molecule has 0 atom stereocenters. The summed E-state index contributed by atoms with van der Waals surface area (Å²) in [5, 5.41) is 9.24. The number of nitrogens with zero attached hydrogens (tertiary/aromatic N) is 3. The normalized spacial score (nSPS) is 24.4. The number of aliphatic hydroxyl groups is 1. The molecule has 7 nitrogen and oxygen atoms in total. The third kappa shape index (κ3) is 5.26. The van der Waals surface area contributed by atoms with Crippen LogP contribution in [0.25, 0.3) is 0 Å². The number of methoxy groups -OCH3 is 1. The number of carbonyl (C=O) groups is 2. The van der Waals surface area contributed by atoms with Gasteiger partial charge in [-0.05, 0) is 74.1 Å². The predicted octanol–water partition coefficient (Wildman–Crippen LogP) is 2.83. The third-order valence-electron chi connectivity index (χ3n) is 7.60. The number of hydrogen-bond acceptors (Lipinski definition) is 5. The summed E-state index contributed by atoms with van der Waals surface area (Å²) in [6, 6.07) is 6.96. The van der Waals surface area contributed by atoms with Gasteiger partial charge in [0, 0.05) is 50.9 Å². The van der Waals surface area contributed by atoms with Crippen LogP contribution in [-0.4, -0.2) is 79.4 Å². The first-order valence-electron chi connectivity index (χ1n) is 12.2. The van der Waals surface area contributed by atoms with Crippen molar-refractivity contribution < 1.29 is 19.4 Å². The van der Waals surface area contributed by atoms with Crippen molar-refractivity contribution in [3.63, 3.8) is 0 Å². The minimum Gasteiger partial charge on any atom is -0.469 e. The highest BCUT2D eigenvalue weighted by Gasteiger charge is 2.36. The van der Waals surface area contributed by atoms with Crippen molar-refractivity contribution in [3.8, 4) is 0 Å². The molecule has 2 heterocycles. The maximum atomic E-state index is 13.3. The maximum absolute atomic E-state index is 13.3. The summed E-state index contributed by atoms with van der Waals surface area (Å²) in [5.41, 5.74) is 3.71. The van der Waals surface area contributed by atoms with E-state index in [1.807, 2.05) is 4.90 Å². The molecule has 32 heavy (non-hydrogen) atoms. The summed E-state index contributed by atoms with van der Waals surface area (Å²) < 4.78 is 4.76. The van der Waals surface area contributed by atoms with Crippen LogP contribution in [0.5, 0.6) is 0 Å². The molecule has 3 aliphatic rings. The Hall–Kier alpha value is -2.12. The van der Waals surface area contributed by atoms with Crippen molar-refractivity contribution in [3.05, 3.63) is 29.3 Å². The van der Waals surface area contributed by atoms with Crippen LogP contribution in [0.2, 0.25) is 0 Å². The standard InChI is InChI=1S/C25H37N3O4/c1-32-24(30)9-4-19-2-6-22(7-3-19)27-14-15-28(25(27)31)23-8-5-20-10-12-26(16-17-29)13-11-21(20)18-23/h5,8,18-19,22,29H,2-4,6-7,9-17H2,1H3. The molecule has 4 rings (SSSR count). The second-order valence-corrected chi connectivity index (χ2v) is 9.44. The molecule has 0 radical (unpaired) electrons. The molecule has 7 heteroatoms. The Labute approximate surface area is 191 Å². The van der Waals surface area contributed by atoms with Crippen LogP contribution in [0.3, 0.4) is 0 Å².